The lowest BCUT2D eigenvalue weighted by Gasteiger charge is -1.86. The Bertz CT molecular complexity index is 269. The standard InChI is InChI=1S/C7H6N2O2/c10-7(11)9-5-6-3-1-2-4-8-6/h1-5H,(H,10,11). The number of hydrogen-bond donors (Lipinski definition) is 1. The van der Waals surface area contributed by atoms with E-state index < -0.39 is 6.09 Å². The van der Waals surface area contributed by atoms with Crippen LogP contribution in [0.4, 0.5) is 4.79 Å². The van der Waals surface area contributed by atoms with Gasteiger partial charge in [0.25, 0.3) is 0 Å². The highest BCUT2D eigenvalue weighted by atomic mass is 16.4. The number of carbonyl (C=O) groups is 1. The van der Waals surface area contributed by atoms with Crippen LogP contribution in [0.1, 0.15) is 5.69 Å². The van der Waals surface area contributed by atoms with Crippen molar-refractivity contribution in [1.29, 1.82) is 0 Å². The Balaban J connectivity index is 2.72. The van der Waals surface area contributed by atoms with E-state index in [1.165, 1.54) is 6.21 Å². The highest BCUT2D eigenvalue weighted by Crippen LogP contribution is 1.88. The lowest BCUT2D eigenvalue weighted by molar-refractivity contribution is 0.206. The summed E-state index contributed by atoms with van der Waals surface area (Å²) in [5.74, 6) is 0. The zero-order valence-electron chi connectivity index (χ0n) is 5.64. The molecular formula is C7H6N2O2. The Morgan fingerprint density at radius 3 is 3.00 bits per heavy atom. The van der Waals surface area contributed by atoms with Gasteiger partial charge in [0.1, 0.15) is 0 Å². The van der Waals surface area contributed by atoms with Gasteiger partial charge in [0, 0.05) is 6.20 Å². The maximum Gasteiger partial charge on any atom is 0.431 e. The molecule has 1 heterocycles. The Labute approximate surface area is 63.2 Å². The summed E-state index contributed by atoms with van der Waals surface area (Å²) in [6.45, 7) is 0. The van der Waals surface area contributed by atoms with Gasteiger partial charge < -0.3 is 5.11 Å². The molecule has 1 N–H and O–H groups in total. The van der Waals surface area contributed by atoms with Crippen molar-refractivity contribution >= 4 is 12.3 Å². The van der Waals surface area contributed by atoms with Gasteiger partial charge in [-0.05, 0) is 12.1 Å². The van der Waals surface area contributed by atoms with Gasteiger partial charge in [-0.25, -0.2) is 4.79 Å². The fourth-order valence-corrected chi connectivity index (χ4v) is 0.574. The van der Waals surface area contributed by atoms with Gasteiger partial charge >= 0.3 is 6.09 Å². The van der Waals surface area contributed by atoms with Crippen molar-refractivity contribution in [2.45, 2.75) is 0 Å². The molecule has 56 valence electrons. The Hall–Kier alpha value is -1.71. The van der Waals surface area contributed by atoms with Crippen molar-refractivity contribution in [2.24, 2.45) is 4.99 Å². The number of aliphatic imine (C=N–C) groups is 1. The number of nitrogens with zero attached hydrogens (tertiary/aromatic N) is 2. The van der Waals surface area contributed by atoms with E-state index in [-0.39, 0.29) is 0 Å². The van der Waals surface area contributed by atoms with Crippen molar-refractivity contribution < 1.29 is 9.90 Å². The van der Waals surface area contributed by atoms with Crippen LogP contribution in [0.15, 0.2) is 29.4 Å². The summed E-state index contributed by atoms with van der Waals surface area (Å²) in [5.41, 5.74) is 0.537. The largest absolute Gasteiger partial charge is 0.463 e. The topological polar surface area (TPSA) is 62.5 Å². The fraction of sp³-hybridized carbons (Fsp3) is 0. The molecule has 0 radical (unpaired) electrons. The van der Waals surface area contributed by atoms with Gasteiger partial charge in [-0.15, -0.1) is 0 Å². The van der Waals surface area contributed by atoms with E-state index in [4.69, 9.17) is 5.11 Å². The molecule has 0 atom stereocenters. The molecule has 0 spiro atoms. The van der Waals surface area contributed by atoms with E-state index >= 15 is 0 Å². The third-order valence-electron chi connectivity index (χ3n) is 0.995. The molecule has 11 heavy (non-hydrogen) atoms. The molecule has 0 unspecified atom stereocenters. The first-order valence-corrected chi connectivity index (χ1v) is 2.97. The highest BCUT2D eigenvalue weighted by Gasteiger charge is 1.88. The summed E-state index contributed by atoms with van der Waals surface area (Å²) in [6, 6.07) is 5.18. The van der Waals surface area contributed by atoms with Crippen LogP contribution < -0.4 is 0 Å². The average Bonchev–Trinajstić information content (AvgIpc) is 2.03. The van der Waals surface area contributed by atoms with Crippen LogP contribution >= 0.6 is 0 Å². The van der Waals surface area contributed by atoms with E-state index in [9.17, 15) is 4.79 Å². The molecule has 1 rings (SSSR count). The first kappa shape index (κ1) is 7.40. The second-order valence-corrected chi connectivity index (χ2v) is 1.80. The van der Waals surface area contributed by atoms with Crippen molar-refractivity contribution in [2.75, 3.05) is 0 Å². The number of aromatic nitrogens is 1. The lowest BCUT2D eigenvalue weighted by Crippen LogP contribution is -1.89. The summed E-state index contributed by atoms with van der Waals surface area (Å²) in [7, 11) is 0. The molecule has 0 fully saturated rings. The molecule has 1 amide bonds. The molecule has 1 aromatic heterocycles. The third-order valence-corrected chi connectivity index (χ3v) is 0.995. The van der Waals surface area contributed by atoms with Gasteiger partial charge in [0.05, 0.1) is 11.9 Å². The molecular weight excluding hydrogens is 144 g/mol. The van der Waals surface area contributed by atoms with Gasteiger partial charge in [-0.3, -0.25) is 4.98 Å². The molecule has 1 aromatic rings. The molecule has 0 aromatic carbocycles. The minimum absolute atomic E-state index is 0.537. The number of amides is 1. The molecule has 0 aliphatic heterocycles. The van der Waals surface area contributed by atoms with E-state index in [1.54, 1.807) is 24.4 Å². The average molecular weight is 150 g/mol. The number of hydrogen-bond acceptors (Lipinski definition) is 2. The smallest absolute Gasteiger partial charge is 0.431 e. The summed E-state index contributed by atoms with van der Waals surface area (Å²) >= 11 is 0. The zero-order valence-corrected chi connectivity index (χ0v) is 5.64. The molecule has 0 bridgehead atoms. The molecule has 0 aliphatic carbocycles. The van der Waals surface area contributed by atoms with Crippen molar-refractivity contribution in [3.63, 3.8) is 0 Å². The highest BCUT2D eigenvalue weighted by molar-refractivity contribution is 5.86. The first-order chi connectivity index (χ1) is 5.29. The van der Waals surface area contributed by atoms with Crippen LogP contribution in [0, 0.1) is 0 Å². The predicted molar refractivity (Wildman–Crippen MR) is 39.9 cm³/mol. The molecule has 4 heteroatoms. The van der Waals surface area contributed by atoms with E-state index in [2.05, 4.69) is 9.98 Å². The summed E-state index contributed by atoms with van der Waals surface area (Å²) < 4.78 is 0. The minimum atomic E-state index is -1.21. The summed E-state index contributed by atoms with van der Waals surface area (Å²) in [6.07, 6.45) is 1.56. The Morgan fingerprint density at radius 1 is 1.64 bits per heavy atom. The van der Waals surface area contributed by atoms with E-state index in [0.717, 1.165) is 0 Å². The second-order valence-electron chi connectivity index (χ2n) is 1.80. The van der Waals surface area contributed by atoms with Crippen LogP contribution in [0.2, 0.25) is 0 Å². The zero-order chi connectivity index (χ0) is 8.10. The first-order valence-electron chi connectivity index (χ1n) is 2.97. The normalized spacial score (nSPS) is 10.2. The van der Waals surface area contributed by atoms with Crippen LogP contribution in [-0.2, 0) is 0 Å². The van der Waals surface area contributed by atoms with Gasteiger partial charge in [-0.1, -0.05) is 6.07 Å². The Morgan fingerprint density at radius 2 is 2.45 bits per heavy atom. The van der Waals surface area contributed by atoms with Crippen LogP contribution in [0.5, 0.6) is 0 Å². The second kappa shape index (κ2) is 3.46. The predicted octanol–water partition coefficient (Wildman–Crippen LogP) is 1.18. The Kier molecular flexibility index (Phi) is 2.32. The van der Waals surface area contributed by atoms with Gasteiger partial charge in [0.15, 0.2) is 0 Å². The minimum Gasteiger partial charge on any atom is -0.463 e. The number of rotatable bonds is 1. The molecule has 0 saturated carbocycles. The van der Waals surface area contributed by atoms with Crippen LogP contribution in [0.25, 0.3) is 0 Å². The lowest BCUT2D eigenvalue weighted by atomic mass is 10.4. The summed E-state index contributed by atoms with van der Waals surface area (Å²) in [5, 5.41) is 8.15. The monoisotopic (exact) mass is 150 g/mol. The van der Waals surface area contributed by atoms with Crippen molar-refractivity contribution in [1.82, 2.24) is 4.98 Å². The SMILES string of the molecule is O=C(O)N=Cc1ccccn1. The van der Waals surface area contributed by atoms with Gasteiger partial charge in [0.2, 0.25) is 0 Å². The number of carboxylic acid groups (broad SMARTS) is 1. The maximum absolute atomic E-state index is 9.95. The molecule has 0 aliphatic rings. The van der Waals surface area contributed by atoms with Crippen molar-refractivity contribution in [3.8, 4) is 0 Å². The third kappa shape index (κ3) is 2.57. The van der Waals surface area contributed by atoms with E-state index in [0.29, 0.717) is 5.69 Å². The van der Waals surface area contributed by atoms with Crippen LogP contribution in [0.3, 0.4) is 0 Å². The van der Waals surface area contributed by atoms with E-state index in [1.807, 2.05) is 0 Å². The number of pyridine rings is 1. The maximum atomic E-state index is 9.95. The molecule has 4 nitrogen and oxygen atoms in total. The fourth-order valence-electron chi connectivity index (χ4n) is 0.574. The van der Waals surface area contributed by atoms with Crippen LogP contribution in [-0.4, -0.2) is 22.4 Å². The van der Waals surface area contributed by atoms with Crippen molar-refractivity contribution in [3.05, 3.63) is 30.1 Å². The quantitative estimate of drug-likeness (QED) is 0.611. The summed E-state index contributed by atoms with van der Waals surface area (Å²) in [4.78, 5) is 16.9. The van der Waals surface area contributed by atoms with Gasteiger partial charge in [-0.2, -0.15) is 4.99 Å². The molecule has 0 saturated heterocycles.